The summed E-state index contributed by atoms with van der Waals surface area (Å²) >= 11 is 6.16. The molecule has 0 atom stereocenters. The number of nitrogens with zero attached hydrogens (tertiary/aromatic N) is 1. The lowest BCUT2D eigenvalue weighted by Crippen LogP contribution is -2.34. The molecule has 6 nitrogen and oxygen atoms in total. The van der Waals surface area contributed by atoms with Crippen molar-refractivity contribution in [2.75, 3.05) is 38.1 Å². The van der Waals surface area contributed by atoms with E-state index in [-0.39, 0.29) is 24.5 Å². The van der Waals surface area contributed by atoms with Crippen LogP contribution in [0.15, 0.2) is 18.2 Å². The van der Waals surface area contributed by atoms with E-state index in [4.69, 9.17) is 16.3 Å². The first-order valence-electron chi connectivity index (χ1n) is 9.75. The molecule has 1 aromatic carbocycles. The second kappa shape index (κ2) is 11.3. The van der Waals surface area contributed by atoms with Crippen molar-refractivity contribution in [3.8, 4) is 0 Å². The highest BCUT2D eigenvalue weighted by Gasteiger charge is 2.17. The summed E-state index contributed by atoms with van der Waals surface area (Å²) in [6.07, 6.45) is 4.55. The molecule has 1 aliphatic rings. The molecule has 2 amide bonds. The Balaban J connectivity index is 1.86. The summed E-state index contributed by atoms with van der Waals surface area (Å²) in [5, 5.41) is 6.01. The van der Waals surface area contributed by atoms with Crippen molar-refractivity contribution in [1.82, 2.24) is 10.2 Å². The van der Waals surface area contributed by atoms with Gasteiger partial charge in [0.25, 0.3) is 5.91 Å². The number of nitrogens with one attached hydrogen (secondary N) is 2. The van der Waals surface area contributed by atoms with Crippen molar-refractivity contribution in [3.63, 3.8) is 0 Å². The average Bonchev–Trinajstić information content (AvgIpc) is 3.18. The van der Waals surface area contributed by atoms with Gasteiger partial charge in [0.05, 0.1) is 16.7 Å². The molecule has 27 heavy (non-hydrogen) atoms. The Kier molecular flexibility index (Phi) is 9.04. The van der Waals surface area contributed by atoms with Gasteiger partial charge in [0.1, 0.15) is 6.61 Å². The van der Waals surface area contributed by atoms with E-state index in [0.717, 1.165) is 45.3 Å². The molecule has 0 aromatic heterocycles. The highest BCUT2D eigenvalue weighted by atomic mass is 35.5. The van der Waals surface area contributed by atoms with E-state index in [9.17, 15) is 9.59 Å². The summed E-state index contributed by atoms with van der Waals surface area (Å²) in [5.74, 6) is -0.470. The molecule has 0 bridgehead atoms. The number of hydrogen-bond acceptors (Lipinski definition) is 4. The zero-order valence-electron chi connectivity index (χ0n) is 16.2. The predicted molar refractivity (Wildman–Crippen MR) is 108 cm³/mol. The SMILES string of the molecule is CCN(CC)CCNC(=O)c1cc(NC(=O)COC2CCCC2)ccc1Cl. The molecule has 0 aliphatic heterocycles. The summed E-state index contributed by atoms with van der Waals surface area (Å²) in [5.41, 5.74) is 0.888. The number of carbonyl (C=O) groups is 2. The number of likely N-dealkylation sites (N-methyl/N-ethyl adjacent to an activating group) is 1. The average molecular weight is 396 g/mol. The predicted octanol–water partition coefficient (Wildman–Crippen LogP) is 3.31. The zero-order valence-corrected chi connectivity index (χ0v) is 17.0. The fourth-order valence-corrected chi connectivity index (χ4v) is 3.39. The Morgan fingerprint density at radius 2 is 1.93 bits per heavy atom. The fourth-order valence-electron chi connectivity index (χ4n) is 3.19. The largest absolute Gasteiger partial charge is 0.368 e. The lowest BCUT2D eigenvalue weighted by molar-refractivity contribution is -0.122. The second-order valence-electron chi connectivity index (χ2n) is 6.74. The lowest BCUT2D eigenvalue weighted by Gasteiger charge is -2.18. The van der Waals surface area contributed by atoms with Crippen LogP contribution in [0.25, 0.3) is 0 Å². The third kappa shape index (κ3) is 7.13. The standard InChI is InChI=1S/C20H30ClN3O3/c1-3-24(4-2)12-11-22-20(26)17-13-15(9-10-18(17)21)23-19(25)14-27-16-7-5-6-8-16/h9-10,13,16H,3-8,11-12,14H2,1-2H3,(H,22,26)(H,23,25). The Labute approximate surface area is 166 Å². The number of hydrogen-bond donors (Lipinski definition) is 2. The third-order valence-electron chi connectivity index (χ3n) is 4.86. The molecule has 1 aliphatic carbocycles. The molecule has 0 unspecified atom stereocenters. The van der Waals surface area contributed by atoms with Gasteiger partial charge in [-0.1, -0.05) is 38.3 Å². The minimum Gasteiger partial charge on any atom is -0.368 e. The minimum atomic E-state index is -0.245. The number of benzene rings is 1. The van der Waals surface area contributed by atoms with Crippen molar-refractivity contribution in [2.45, 2.75) is 45.6 Å². The van der Waals surface area contributed by atoms with Crippen molar-refractivity contribution >= 4 is 29.1 Å². The molecule has 0 saturated heterocycles. The number of halogens is 1. The quantitative estimate of drug-likeness (QED) is 0.637. The maximum absolute atomic E-state index is 12.4. The van der Waals surface area contributed by atoms with E-state index in [1.807, 2.05) is 0 Å². The van der Waals surface area contributed by atoms with Crippen LogP contribution in [0.4, 0.5) is 5.69 Å². The van der Waals surface area contributed by atoms with Gasteiger partial charge < -0.3 is 20.3 Å². The fraction of sp³-hybridized carbons (Fsp3) is 0.600. The molecule has 150 valence electrons. The van der Waals surface area contributed by atoms with Crippen molar-refractivity contribution < 1.29 is 14.3 Å². The van der Waals surface area contributed by atoms with Crippen LogP contribution in [-0.4, -0.2) is 55.6 Å². The van der Waals surface area contributed by atoms with E-state index in [0.29, 0.717) is 22.8 Å². The second-order valence-corrected chi connectivity index (χ2v) is 7.15. The molecule has 0 heterocycles. The van der Waals surface area contributed by atoms with Crippen LogP contribution < -0.4 is 10.6 Å². The third-order valence-corrected chi connectivity index (χ3v) is 5.18. The van der Waals surface area contributed by atoms with E-state index in [2.05, 4.69) is 29.4 Å². The monoisotopic (exact) mass is 395 g/mol. The van der Waals surface area contributed by atoms with Crippen LogP contribution in [-0.2, 0) is 9.53 Å². The van der Waals surface area contributed by atoms with Gasteiger partial charge in [0, 0.05) is 18.8 Å². The van der Waals surface area contributed by atoms with Crippen molar-refractivity contribution in [1.29, 1.82) is 0 Å². The Morgan fingerprint density at radius 1 is 1.22 bits per heavy atom. The van der Waals surface area contributed by atoms with Crippen LogP contribution in [0.3, 0.4) is 0 Å². The van der Waals surface area contributed by atoms with Gasteiger partial charge in [-0.2, -0.15) is 0 Å². The number of anilines is 1. The van der Waals surface area contributed by atoms with Crippen molar-refractivity contribution in [2.24, 2.45) is 0 Å². The molecule has 1 aromatic rings. The van der Waals surface area contributed by atoms with Crippen LogP contribution in [0.2, 0.25) is 5.02 Å². The van der Waals surface area contributed by atoms with Crippen LogP contribution in [0.5, 0.6) is 0 Å². The van der Waals surface area contributed by atoms with Gasteiger partial charge in [0.2, 0.25) is 5.91 Å². The first kappa shape index (κ1) is 21.7. The van der Waals surface area contributed by atoms with Gasteiger partial charge in [-0.15, -0.1) is 0 Å². The van der Waals surface area contributed by atoms with Crippen molar-refractivity contribution in [3.05, 3.63) is 28.8 Å². The number of amides is 2. The summed E-state index contributed by atoms with van der Waals surface area (Å²) in [7, 11) is 0. The summed E-state index contributed by atoms with van der Waals surface area (Å²) in [4.78, 5) is 26.7. The maximum Gasteiger partial charge on any atom is 0.252 e. The molecule has 0 radical (unpaired) electrons. The number of ether oxygens (including phenoxy) is 1. The van der Waals surface area contributed by atoms with Gasteiger partial charge in [-0.25, -0.2) is 0 Å². The topological polar surface area (TPSA) is 70.7 Å². The molecule has 2 rings (SSSR count). The first-order chi connectivity index (χ1) is 13.0. The molecule has 1 fully saturated rings. The highest BCUT2D eigenvalue weighted by Crippen LogP contribution is 2.22. The summed E-state index contributed by atoms with van der Waals surface area (Å²) in [6.45, 7) is 7.41. The zero-order chi connectivity index (χ0) is 19.6. The van der Waals surface area contributed by atoms with Gasteiger partial charge in [-0.3, -0.25) is 9.59 Å². The summed E-state index contributed by atoms with van der Waals surface area (Å²) in [6, 6.07) is 4.90. The lowest BCUT2D eigenvalue weighted by atomic mass is 10.2. The van der Waals surface area contributed by atoms with Crippen LogP contribution >= 0.6 is 11.6 Å². The molecule has 7 heteroatoms. The Bertz CT molecular complexity index is 629. The summed E-state index contributed by atoms with van der Waals surface area (Å²) < 4.78 is 5.61. The Hall–Kier alpha value is -1.63. The normalized spacial score (nSPS) is 14.5. The van der Waals surface area contributed by atoms with E-state index >= 15 is 0 Å². The molecule has 1 saturated carbocycles. The molecular formula is C20H30ClN3O3. The van der Waals surface area contributed by atoms with Gasteiger partial charge >= 0.3 is 0 Å². The van der Waals surface area contributed by atoms with Crippen LogP contribution in [0.1, 0.15) is 49.9 Å². The van der Waals surface area contributed by atoms with E-state index < -0.39 is 0 Å². The van der Waals surface area contributed by atoms with Crippen LogP contribution in [0, 0.1) is 0 Å². The minimum absolute atomic E-state index is 0.0265. The smallest absolute Gasteiger partial charge is 0.252 e. The first-order valence-corrected chi connectivity index (χ1v) is 10.1. The van der Waals surface area contributed by atoms with E-state index in [1.165, 1.54) is 0 Å². The number of rotatable bonds is 10. The molecule has 2 N–H and O–H groups in total. The van der Waals surface area contributed by atoms with Gasteiger partial charge in [0.15, 0.2) is 0 Å². The highest BCUT2D eigenvalue weighted by molar-refractivity contribution is 6.34. The maximum atomic E-state index is 12.4. The van der Waals surface area contributed by atoms with E-state index in [1.54, 1.807) is 18.2 Å². The molecule has 0 spiro atoms. The Morgan fingerprint density at radius 3 is 2.59 bits per heavy atom. The molecular weight excluding hydrogens is 366 g/mol. The van der Waals surface area contributed by atoms with Gasteiger partial charge in [-0.05, 0) is 44.1 Å². The number of carbonyl (C=O) groups excluding carboxylic acids is 2.